The van der Waals surface area contributed by atoms with Crippen LogP contribution in [0, 0.1) is 6.92 Å². The van der Waals surface area contributed by atoms with Crippen molar-refractivity contribution in [3.8, 4) is 0 Å². The molecular formula is C20H23N3O6S. The molecule has 9 nitrogen and oxygen atoms in total. The number of sulfonamides is 1. The lowest BCUT2D eigenvalue weighted by Gasteiger charge is -2.14. The van der Waals surface area contributed by atoms with Crippen LogP contribution in [0.1, 0.15) is 19.4 Å². The third-order valence-electron chi connectivity index (χ3n) is 3.89. The second kappa shape index (κ2) is 9.99. The number of hydrogen-bond donors (Lipinski definition) is 3. The van der Waals surface area contributed by atoms with Crippen molar-refractivity contribution in [3.05, 3.63) is 54.1 Å². The third kappa shape index (κ3) is 6.98. The van der Waals surface area contributed by atoms with Gasteiger partial charge in [-0.2, -0.15) is 4.72 Å². The van der Waals surface area contributed by atoms with Crippen LogP contribution in [0.25, 0.3) is 0 Å². The quantitative estimate of drug-likeness (QED) is 0.544. The highest BCUT2D eigenvalue weighted by Gasteiger charge is 2.20. The van der Waals surface area contributed by atoms with Gasteiger partial charge < -0.3 is 15.4 Å². The molecule has 0 radical (unpaired) electrons. The number of carbonyl (C=O) groups is 3. The van der Waals surface area contributed by atoms with Gasteiger partial charge in [-0.3, -0.25) is 14.4 Å². The van der Waals surface area contributed by atoms with Crippen molar-refractivity contribution < 1.29 is 27.5 Å². The van der Waals surface area contributed by atoms with E-state index in [1.165, 1.54) is 26.0 Å². The summed E-state index contributed by atoms with van der Waals surface area (Å²) >= 11 is 0. The maximum atomic E-state index is 12.2. The van der Waals surface area contributed by atoms with Crippen LogP contribution >= 0.6 is 0 Å². The van der Waals surface area contributed by atoms with Gasteiger partial charge in [0, 0.05) is 18.3 Å². The highest BCUT2D eigenvalue weighted by molar-refractivity contribution is 7.89. The van der Waals surface area contributed by atoms with Crippen molar-refractivity contribution in [2.24, 2.45) is 0 Å². The number of amides is 2. The summed E-state index contributed by atoms with van der Waals surface area (Å²) in [5.74, 6) is -1.70. The number of rotatable bonds is 8. The molecule has 0 aliphatic carbocycles. The standard InChI is InChI=1S/C20H23N3O6S/c1-13-4-10-18(11-5-13)30(27,28)21-12-19(25)29-14(2)20(26)23-17-8-6-16(7-9-17)22-15(3)24/h4-11,14,21H,12H2,1-3H3,(H,22,24)(H,23,26). The van der Waals surface area contributed by atoms with E-state index in [1.54, 1.807) is 36.4 Å². The Morgan fingerprint density at radius 2 is 1.47 bits per heavy atom. The fourth-order valence-electron chi connectivity index (χ4n) is 2.33. The van der Waals surface area contributed by atoms with Gasteiger partial charge in [0.2, 0.25) is 15.9 Å². The summed E-state index contributed by atoms with van der Waals surface area (Å²) in [4.78, 5) is 35.1. The number of ether oxygens (including phenoxy) is 1. The van der Waals surface area contributed by atoms with Crippen LogP contribution in [-0.2, 0) is 29.1 Å². The SMILES string of the molecule is CC(=O)Nc1ccc(NC(=O)C(C)OC(=O)CNS(=O)(=O)c2ccc(C)cc2)cc1. The lowest BCUT2D eigenvalue weighted by atomic mass is 10.2. The molecule has 3 N–H and O–H groups in total. The monoisotopic (exact) mass is 433 g/mol. The molecule has 0 bridgehead atoms. The summed E-state index contributed by atoms with van der Waals surface area (Å²) in [6, 6.07) is 12.5. The van der Waals surface area contributed by atoms with Gasteiger partial charge in [-0.25, -0.2) is 8.42 Å². The molecule has 30 heavy (non-hydrogen) atoms. The third-order valence-corrected chi connectivity index (χ3v) is 5.31. The lowest BCUT2D eigenvalue weighted by molar-refractivity contribution is -0.151. The van der Waals surface area contributed by atoms with Gasteiger partial charge in [-0.1, -0.05) is 17.7 Å². The van der Waals surface area contributed by atoms with E-state index < -0.39 is 34.5 Å². The van der Waals surface area contributed by atoms with Gasteiger partial charge in [-0.15, -0.1) is 0 Å². The molecule has 0 heterocycles. The van der Waals surface area contributed by atoms with E-state index in [4.69, 9.17) is 4.74 Å². The van der Waals surface area contributed by atoms with E-state index in [1.807, 2.05) is 6.92 Å². The summed E-state index contributed by atoms with van der Waals surface area (Å²) in [6.45, 7) is 3.96. The minimum Gasteiger partial charge on any atom is -0.452 e. The number of benzene rings is 2. The zero-order valence-corrected chi connectivity index (χ0v) is 17.6. The number of hydrogen-bond acceptors (Lipinski definition) is 6. The molecule has 2 aromatic carbocycles. The van der Waals surface area contributed by atoms with Crippen molar-refractivity contribution >= 4 is 39.2 Å². The van der Waals surface area contributed by atoms with Crippen molar-refractivity contribution in [1.29, 1.82) is 0 Å². The van der Waals surface area contributed by atoms with Crippen molar-refractivity contribution in [2.75, 3.05) is 17.2 Å². The Bertz CT molecular complexity index is 1020. The van der Waals surface area contributed by atoms with E-state index in [2.05, 4.69) is 15.4 Å². The normalized spacial score (nSPS) is 12.0. The van der Waals surface area contributed by atoms with E-state index in [9.17, 15) is 22.8 Å². The molecule has 1 atom stereocenters. The van der Waals surface area contributed by atoms with Crippen LogP contribution in [0.15, 0.2) is 53.4 Å². The molecule has 2 aromatic rings. The van der Waals surface area contributed by atoms with Gasteiger partial charge in [0.15, 0.2) is 6.10 Å². The average Bonchev–Trinajstić information content (AvgIpc) is 2.68. The van der Waals surface area contributed by atoms with Crippen LogP contribution in [-0.4, -0.2) is 38.9 Å². The van der Waals surface area contributed by atoms with E-state index >= 15 is 0 Å². The molecule has 0 saturated heterocycles. The summed E-state index contributed by atoms with van der Waals surface area (Å²) in [6.07, 6.45) is -1.14. The number of nitrogens with one attached hydrogen (secondary N) is 3. The van der Waals surface area contributed by atoms with Crippen LogP contribution in [0.4, 0.5) is 11.4 Å². The van der Waals surface area contributed by atoms with Gasteiger partial charge in [-0.05, 0) is 50.2 Å². The predicted octanol–water partition coefficient (Wildman–Crippen LogP) is 1.80. The molecule has 0 aliphatic rings. The predicted molar refractivity (Wildman–Crippen MR) is 111 cm³/mol. The summed E-state index contributed by atoms with van der Waals surface area (Å²) in [7, 11) is -3.87. The second-order valence-electron chi connectivity index (χ2n) is 6.52. The highest BCUT2D eigenvalue weighted by Crippen LogP contribution is 2.14. The molecule has 0 spiro atoms. The highest BCUT2D eigenvalue weighted by atomic mass is 32.2. The van der Waals surface area contributed by atoms with Crippen molar-refractivity contribution in [3.63, 3.8) is 0 Å². The Kier molecular flexibility index (Phi) is 7.67. The number of esters is 1. The maximum absolute atomic E-state index is 12.2. The Morgan fingerprint density at radius 3 is 2.00 bits per heavy atom. The summed E-state index contributed by atoms with van der Waals surface area (Å²) in [5, 5.41) is 5.16. The lowest BCUT2D eigenvalue weighted by Crippen LogP contribution is -2.35. The molecule has 1 unspecified atom stereocenters. The van der Waals surface area contributed by atoms with Gasteiger partial charge in [0.1, 0.15) is 6.54 Å². The first kappa shape index (κ1) is 23.0. The Morgan fingerprint density at radius 1 is 0.933 bits per heavy atom. The van der Waals surface area contributed by atoms with Crippen molar-refractivity contribution in [1.82, 2.24) is 4.72 Å². The molecule has 10 heteroatoms. The van der Waals surface area contributed by atoms with Crippen LogP contribution in [0.5, 0.6) is 0 Å². The van der Waals surface area contributed by atoms with Crippen molar-refractivity contribution in [2.45, 2.75) is 31.8 Å². The largest absolute Gasteiger partial charge is 0.452 e. The number of carbonyl (C=O) groups excluding carboxylic acids is 3. The maximum Gasteiger partial charge on any atom is 0.321 e. The molecule has 2 rings (SSSR count). The second-order valence-corrected chi connectivity index (χ2v) is 8.28. The first-order valence-corrected chi connectivity index (χ1v) is 10.5. The summed E-state index contributed by atoms with van der Waals surface area (Å²) < 4.78 is 31.5. The minimum absolute atomic E-state index is 0.0226. The number of anilines is 2. The number of aryl methyl sites for hydroxylation is 1. The molecular weight excluding hydrogens is 410 g/mol. The Balaban J connectivity index is 1.85. The van der Waals surface area contributed by atoms with Crippen LogP contribution in [0.2, 0.25) is 0 Å². The van der Waals surface area contributed by atoms with Gasteiger partial charge in [0.05, 0.1) is 4.90 Å². The first-order chi connectivity index (χ1) is 14.1. The minimum atomic E-state index is -3.87. The molecule has 0 saturated carbocycles. The molecule has 160 valence electrons. The topological polar surface area (TPSA) is 131 Å². The van der Waals surface area contributed by atoms with E-state index in [-0.39, 0.29) is 10.8 Å². The van der Waals surface area contributed by atoms with Gasteiger partial charge in [0.25, 0.3) is 5.91 Å². The zero-order chi connectivity index (χ0) is 22.3. The Labute approximate surface area is 174 Å². The van der Waals surface area contributed by atoms with E-state index in [0.717, 1.165) is 5.56 Å². The fourth-order valence-corrected chi connectivity index (χ4v) is 3.30. The fraction of sp³-hybridized carbons (Fsp3) is 0.250. The van der Waals surface area contributed by atoms with E-state index in [0.29, 0.717) is 11.4 Å². The molecule has 0 aromatic heterocycles. The Hall–Kier alpha value is -3.24. The van der Waals surface area contributed by atoms with Crippen LogP contribution in [0.3, 0.4) is 0 Å². The summed E-state index contributed by atoms with van der Waals surface area (Å²) in [5.41, 5.74) is 1.91. The molecule has 2 amide bonds. The molecule has 0 aliphatic heterocycles. The zero-order valence-electron chi connectivity index (χ0n) is 16.8. The molecule has 0 fully saturated rings. The first-order valence-electron chi connectivity index (χ1n) is 9.01. The van der Waals surface area contributed by atoms with Gasteiger partial charge >= 0.3 is 5.97 Å². The smallest absolute Gasteiger partial charge is 0.321 e. The van der Waals surface area contributed by atoms with Crippen LogP contribution < -0.4 is 15.4 Å². The average molecular weight is 433 g/mol.